The minimum absolute atomic E-state index is 0.268. The average Bonchev–Trinajstić information content (AvgIpc) is 2.48. The van der Waals surface area contributed by atoms with Gasteiger partial charge >= 0.3 is 6.18 Å². The summed E-state index contributed by atoms with van der Waals surface area (Å²) in [5, 5.41) is 7.68. The maximum atomic E-state index is 12.5. The molecule has 0 aliphatic heterocycles. The number of rotatable bonds is 3. The van der Waals surface area contributed by atoms with E-state index >= 15 is 0 Å². The van der Waals surface area contributed by atoms with Crippen LogP contribution in [-0.4, -0.2) is 8.42 Å². The maximum Gasteiger partial charge on any atom is 0.416 e. The van der Waals surface area contributed by atoms with E-state index in [1.54, 1.807) is 24.3 Å². The molecule has 0 radical (unpaired) electrons. The van der Waals surface area contributed by atoms with Crippen LogP contribution in [0.5, 0.6) is 0 Å². The van der Waals surface area contributed by atoms with Gasteiger partial charge in [-0.1, -0.05) is 30.3 Å². The van der Waals surface area contributed by atoms with Crippen molar-refractivity contribution < 1.29 is 21.6 Å². The highest BCUT2D eigenvalue weighted by Crippen LogP contribution is 2.32. The molecule has 22 heavy (non-hydrogen) atoms. The van der Waals surface area contributed by atoms with Gasteiger partial charge in [0, 0.05) is 0 Å². The van der Waals surface area contributed by atoms with E-state index in [4.69, 9.17) is 5.26 Å². The highest BCUT2D eigenvalue weighted by atomic mass is 32.2. The summed E-state index contributed by atoms with van der Waals surface area (Å²) in [5.41, 5.74) is -0.676. The van der Waals surface area contributed by atoms with Crippen molar-refractivity contribution in [3.8, 4) is 6.07 Å². The fourth-order valence-electron chi connectivity index (χ4n) is 1.92. The normalized spacial score (nSPS) is 13.4. The van der Waals surface area contributed by atoms with Gasteiger partial charge in [0.2, 0.25) is 0 Å². The maximum absolute atomic E-state index is 12.5. The Morgan fingerprint density at radius 3 is 1.95 bits per heavy atom. The van der Waals surface area contributed by atoms with Gasteiger partial charge in [0.25, 0.3) is 0 Å². The molecule has 0 heterocycles. The molecule has 0 aromatic heterocycles. The first kappa shape index (κ1) is 16.0. The second kappa shape index (κ2) is 5.81. The third kappa shape index (κ3) is 3.12. The molecule has 1 atom stereocenters. The predicted octanol–water partition coefficient (Wildman–Crippen LogP) is 3.74. The molecule has 2 aromatic carbocycles. The van der Waals surface area contributed by atoms with E-state index < -0.39 is 26.8 Å². The molecule has 0 saturated carbocycles. The van der Waals surface area contributed by atoms with Gasteiger partial charge in [0.15, 0.2) is 15.1 Å². The topological polar surface area (TPSA) is 57.9 Å². The lowest BCUT2D eigenvalue weighted by molar-refractivity contribution is -0.137. The Kier molecular flexibility index (Phi) is 4.24. The zero-order valence-corrected chi connectivity index (χ0v) is 11.9. The van der Waals surface area contributed by atoms with Crippen LogP contribution in [0.15, 0.2) is 59.5 Å². The van der Waals surface area contributed by atoms with Crippen molar-refractivity contribution in [1.82, 2.24) is 0 Å². The molecule has 0 saturated heterocycles. The lowest BCUT2D eigenvalue weighted by Gasteiger charge is -2.12. The summed E-state index contributed by atoms with van der Waals surface area (Å²) >= 11 is 0. The molecule has 2 aromatic rings. The standard InChI is InChI=1S/C15H10F3NO2S/c16-15(17,18)12-6-8-13(9-7-12)22(20,21)14(10-19)11-4-2-1-3-5-11/h1-9,14H. The first-order valence-electron chi connectivity index (χ1n) is 6.12. The lowest BCUT2D eigenvalue weighted by atomic mass is 10.2. The second-order valence-corrected chi connectivity index (χ2v) is 6.52. The Bertz CT molecular complexity index is 791. The van der Waals surface area contributed by atoms with Crippen molar-refractivity contribution in [2.45, 2.75) is 16.3 Å². The number of alkyl halides is 3. The first-order valence-corrected chi connectivity index (χ1v) is 7.67. The van der Waals surface area contributed by atoms with Crippen LogP contribution in [0, 0.1) is 11.3 Å². The molecule has 0 spiro atoms. The van der Waals surface area contributed by atoms with Crippen molar-refractivity contribution in [3.05, 3.63) is 65.7 Å². The first-order chi connectivity index (χ1) is 10.3. The molecule has 0 bridgehead atoms. The molecule has 2 rings (SSSR count). The molecule has 0 aliphatic carbocycles. The molecule has 0 fully saturated rings. The number of benzene rings is 2. The molecule has 0 aliphatic rings. The number of halogens is 3. The lowest BCUT2D eigenvalue weighted by Crippen LogP contribution is -2.13. The summed E-state index contributed by atoms with van der Waals surface area (Å²) in [6.07, 6.45) is -4.55. The van der Waals surface area contributed by atoms with E-state index in [1.807, 2.05) is 0 Å². The van der Waals surface area contributed by atoms with Gasteiger partial charge in [0.05, 0.1) is 16.5 Å². The van der Waals surface area contributed by atoms with E-state index in [9.17, 15) is 21.6 Å². The molecule has 3 nitrogen and oxygen atoms in total. The largest absolute Gasteiger partial charge is 0.416 e. The van der Waals surface area contributed by atoms with Crippen molar-refractivity contribution in [1.29, 1.82) is 5.26 Å². The number of nitrogens with zero attached hydrogens (tertiary/aromatic N) is 1. The van der Waals surface area contributed by atoms with Crippen LogP contribution < -0.4 is 0 Å². The fourth-order valence-corrected chi connectivity index (χ4v) is 3.36. The zero-order chi connectivity index (χ0) is 16.4. The SMILES string of the molecule is N#CC(c1ccccc1)S(=O)(=O)c1ccc(C(F)(F)F)cc1. The Balaban J connectivity index is 2.44. The highest BCUT2D eigenvalue weighted by Gasteiger charge is 2.32. The van der Waals surface area contributed by atoms with E-state index in [0.717, 1.165) is 12.1 Å². The van der Waals surface area contributed by atoms with E-state index in [0.29, 0.717) is 12.1 Å². The van der Waals surface area contributed by atoms with Crippen LogP contribution >= 0.6 is 0 Å². The predicted molar refractivity (Wildman–Crippen MR) is 73.4 cm³/mol. The zero-order valence-electron chi connectivity index (χ0n) is 11.1. The smallest absolute Gasteiger partial charge is 0.222 e. The van der Waals surface area contributed by atoms with E-state index in [-0.39, 0.29) is 10.5 Å². The molecular weight excluding hydrogens is 315 g/mol. The monoisotopic (exact) mass is 325 g/mol. The van der Waals surface area contributed by atoms with Crippen LogP contribution in [0.25, 0.3) is 0 Å². The molecule has 1 unspecified atom stereocenters. The molecule has 0 amide bonds. The van der Waals surface area contributed by atoms with Gasteiger partial charge in [-0.15, -0.1) is 0 Å². The van der Waals surface area contributed by atoms with E-state index in [1.165, 1.54) is 12.1 Å². The van der Waals surface area contributed by atoms with Gasteiger partial charge < -0.3 is 0 Å². The van der Waals surface area contributed by atoms with Crippen LogP contribution in [0.4, 0.5) is 13.2 Å². The number of sulfone groups is 1. The van der Waals surface area contributed by atoms with E-state index in [2.05, 4.69) is 0 Å². The molecule has 7 heteroatoms. The Morgan fingerprint density at radius 1 is 0.955 bits per heavy atom. The van der Waals surface area contributed by atoms with Gasteiger partial charge in [-0.2, -0.15) is 18.4 Å². The third-order valence-corrected chi connectivity index (χ3v) is 4.97. The van der Waals surface area contributed by atoms with Crippen LogP contribution in [-0.2, 0) is 16.0 Å². The third-order valence-electron chi connectivity index (χ3n) is 3.04. The molecular formula is C15H10F3NO2S. The van der Waals surface area contributed by atoms with Crippen LogP contribution in [0.1, 0.15) is 16.4 Å². The second-order valence-electron chi connectivity index (χ2n) is 4.49. The minimum atomic E-state index is -4.55. The molecule has 114 valence electrons. The minimum Gasteiger partial charge on any atom is -0.222 e. The van der Waals surface area contributed by atoms with Gasteiger partial charge in [-0.25, -0.2) is 8.42 Å². The van der Waals surface area contributed by atoms with Gasteiger partial charge in [-0.05, 0) is 29.8 Å². The Hall–Kier alpha value is -2.33. The number of nitriles is 1. The highest BCUT2D eigenvalue weighted by molar-refractivity contribution is 7.92. The van der Waals surface area contributed by atoms with Crippen molar-refractivity contribution in [3.63, 3.8) is 0 Å². The summed E-state index contributed by atoms with van der Waals surface area (Å²) in [6.45, 7) is 0. The van der Waals surface area contributed by atoms with Crippen LogP contribution in [0.2, 0.25) is 0 Å². The summed E-state index contributed by atoms with van der Waals surface area (Å²) < 4.78 is 62.4. The quantitative estimate of drug-likeness (QED) is 0.863. The summed E-state index contributed by atoms with van der Waals surface area (Å²) in [6, 6.07) is 12.6. The summed E-state index contributed by atoms with van der Waals surface area (Å²) in [7, 11) is -4.09. The van der Waals surface area contributed by atoms with Crippen molar-refractivity contribution in [2.24, 2.45) is 0 Å². The fraction of sp³-hybridized carbons (Fsp3) is 0.133. The number of hydrogen-bond donors (Lipinski definition) is 0. The van der Waals surface area contributed by atoms with Crippen molar-refractivity contribution >= 4 is 9.84 Å². The average molecular weight is 325 g/mol. The van der Waals surface area contributed by atoms with Gasteiger partial charge in [-0.3, -0.25) is 0 Å². The summed E-state index contributed by atoms with van der Waals surface area (Å²) in [5.74, 6) is 0. The van der Waals surface area contributed by atoms with Gasteiger partial charge in [0.1, 0.15) is 0 Å². The van der Waals surface area contributed by atoms with Crippen molar-refractivity contribution in [2.75, 3.05) is 0 Å². The Labute approximate surface area is 125 Å². The van der Waals surface area contributed by atoms with Crippen LogP contribution in [0.3, 0.4) is 0 Å². The Morgan fingerprint density at radius 2 is 1.50 bits per heavy atom. The molecule has 0 N–H and O–H groups in total. The number of hydrogen-bond acceptors (Lipinski definition) is 3. The summed E-state index contributed by atoms with van der Waals surface area (Å²) in [4.78, 5) is -0.323.